The minimum Gasteiger partial charge on any atom is -0.275 e. The first-order chi connectivity index (χ1) is 15.2. The summed E-state index contributed by atoms with van der Waals surface area (Å²) in [5, 5.41) is 2.42. The Bertz CT molecular complexity index is 1130. The first kappa shape index (κ1) is 25.5. The van der Waals surface area contributed by atoms with E-state index in [0.717, 1.165) is 15.7 Å². The van der Waals surface area contributed by atoms with Crippen molar-refractivity contribution < 1.29 is 9.71 Å². The van der Waals surface area contributed by atoms with Crippen LogP contribution in [0.25, 0.3) is 0 Å². The second-order valence-electron chi connectivity index (χ2n) is 8.02. The summed E-state index contributed by atoms with van der Waals surface area (Å²) in [6.07, 6.45) is 6.62. The Kier molecular flexibility index (Phi) is 9.35. The number of allylic oxidation sites excluding steroid dienone is 5. The smallest absolute Gasteiger partial charge is 0.275 e. The molecule has 172 valence electrons. The van der Waals surface area contributed by atoms with E-state index in [2.05, 4.69) is 4.98 Å². The Morgan fingerprint density at radius 1 is 1.22 bits per heavy atom. The summed E-state index contributed by atoms with van der Waals surface area (Å²) in [4.78, 5) is 30.1. The van der Waals surface area contributed by atoms with Crippen LogP contribution in [0.15, 0.2) is 69.6 Å². The average molecular weight is 462 g/mol. The zero-order valence-corrected chi connectivity index (χ0v) is 19.9. The molecule has 1 unspecified atom stereocenters. The average Bonchev–Trinajstić information content (AvgIpc) is 2.74. The van der Waals surface area contributed by atoms with Crippen LogP contribution >= 0.6 is 11.6 Å². The highest BCUT2D eigenvalue weighted by Crippen LogP contribution is 2.15. The van der Waals surface area contributed by atoms with Gasteiger partial charge in [0.2, 0.25) is 0 Å². The molecule has 0 fully saturated rings. The molecule has 2 rings (SSSR count). The van der Waals surface area contributed by atoms with Gasteiger partial charge >= 0.3 is 17.3 Å². The SMILES string of the molecule is CC=CCC(=CC(C)=CF)Cn1c([NH2+]C(C)c2ccc(Cl)cc2)nc(=O)n(C(C)C)c1=O. The predicted molar refractivity (Wildman–Crippen MR) is 127 cm³/mol. The molecule has 32 heavy (non-hydrogen) atoms. The van der Waals surface area contributed by atoms with Crippen LogP contribution in [0.1, 0.15) is 58.7 Å². The van der Waals surface area contributed by atoms with E-state index in [1.165, 1.54) is 4.57 Å². The quantitative estimate of drug-likeness (QED) is 0.445. The van der Waals surface area contributed by atoms with Crippen molar-refractivity contribution in [1.29, 1.82) is 0 Å². The number of quaternary nitrogens is 1. The third kappa shape index (κ3) is 6.61. The third-order valence-electron chi connectivity index (χ3n) is 5.02. The molecule has 0 bridgehead atoms. The fourth-order valence-electron chi connectivity index (χ4n) is 3.32. The molecule has 0 aliphatic carbocycles. The van der Waals surface area contributed by atoms with Crippen molar-refractivity contribution in [3.8, 4) is 0 Å². The number of halogens is 2. The summed E-state index contributed by atoms with van der Waals surface area (Å²) in [5.41, 5.74) is 1.21. The topological polar surface area (TPSA) is 73.5 Å². The number of nitrogens with zero attached hydrogens (tertiary/aromatic N) is 3. The van der Waals surface area contributed by atoms with E-state index in [4.69, 9.17) is 11.6 Å². The minimum absolute atomic E-state index is 0.116. The molecule has 1 aromatic heterocycles. The van der Waals surface area contributed by atoms with Crippen LogP contribution in [0.3, 0.4) is 0 Å². The molecule has 0 radical (unpaired) electrons. The molecule has 0 saturated carbocycles. The van der Waals surface area contributed by atoms with Crippen LogP contribution in [0.5, 0.6) is 0 Å². The van der Waals surface area contributed by atoms with E-state index < -0.39 is 11.4 Å². The molecular weight excluding hydrogens is 431 g/mol. The molecule has 1 aromatic carbocycles. The maximum Gasteiger partial charge on any atom is 0.358 e. The zero-order chi connectivity index (χ0) is 23.8. The highest BCUT2D eigenvalue weighted by atomic mass is 35.5. The van der Waals surface area contributed by atoms with Gasteiger partial charge in [-0.1, -0.05) is 42.0 Å². The lowest BCUT2D eigenvalue weighted by Crippen LogP contribution is -2.81. The van der Waals surface area contributed by atoms with Gasteiger partial charge in [-0.05, 0) is 64.3 Å². The van der Waals surface area contributed by atoms with Crippen molar-refractivity contribution in [2.75, 3.05) is 0 Å². The molecule has 0 spiro atoms. The minimum atomic E-state index is -0.588. The predicted octanol–water partition coefficient (Wildman–Crippen LogP) is 4.36. The Morgan fingerprint density at radius 3 is 2.44 bits per heavy atom. The summed E-state index contributed by atoms with van der Waals surface area (Å²) in [6.45, 7) is 9.23. The molecule has 0 aliphatic rings. The highest BCUT2D eigenvalue weighted by Gasteiger charge is 2.21. The second kappa shape index (κ2) is 11.7. The lowest BCUT2D eigenvalue weighted by molar-refractivity contribution is -0.623. The van der Waals surface area contributed by atoms with Gasteiger partial charge in [0.15, 0.2) is 0 Å². The molecule has 2 aromatic rings. The molecule has 0 saturated heterocycles. The van der Waals surface area contributed by atoms with E-state index in [1.54, 1.807) is 44.3 Å². The Labute approximate surface area is 192 Å². The molecular formula is C24H31ClFN4O2+. The standard InChI is InChI=1S/C24H30ClFN4O2/c1-6-7-8-19(13-17(4)14-26)15-29-22(28-23(31)30(16(2)3)24(29)32)27-18(5)20-9-11-21(25)12-10-20/h6-7,9-14,16,18H,8,15H2,1-5H3,(H,27,28,31)/p+1. The molecule has 1 atom stereocenters. The number of benzene rings is 1. The number of aromatic nitrogens is 3. The van der Waals surface area contributed by atoms with Crippen LogP contribution in [-0.4, -0.2) is 14.1 Å². The van der Waals surface area contributed by atoms with Crippen LogP contribution in [-0.2, 0) is 6.54 Å². The third-order valence-corrected chi connectivity index (χ3v) is 5.27. The van der Waals surface area contributed by atoms with Gasteiger partial charge in [-0.2, -0.15) is 0 Å². The van der Waals surface area contributed by atoms with E-state index in [0.29, 0.717) is 23.3 Å². The maximum absolute atomic E-state index is 13.3. The molecule has 0 aliphatic heterocycles. The van der Waals surface area contributed by atoms with E-state index in [-0.39, 0.29) is 24.6 Å². The monoisotopic (exact) mass is 461 g/mol. The summed E-state index contributed by atoms with van der Waals surface area (Å²) >= 11 is 5.99. The molecule has 0 amide bonds. The summed E-state index contributed by atoms with van der Waals surface area (Å²) in [7, 11) is 0. The van der Waals surface area contributed by atoms with Gasteiger partial charge < -0.3 is 0 Å². The Balaban J connectivity index is 2.58. The van der Waals surface area contributed by atoms with E-state index in [1.807, 2.05) is 38.1 Å². The van der Waals surface area contributed by atoms with E-state index >= 15 is 0 Å². The Hall–Kier alpha value is -2.77. The first-order valence-corrected chi connectivity index (χ1v) is 11.0. The molecule has 2 N–H and O–H groups in total. The van der Waals surface area contributed by atoms with Gasteiger partial charge in [0.25, 0.3) is 0 Å². The van der Waals surface area contributed by atoms with Crippen molar-refractivity contribution in [3.05, 3.63) is 91.5 Å². The summed E-state index contributed by atoms with van der Waals surface area (Å²) < 4.78 is 15.6. The number of hydrogen-bond donors (Lipinski definition) is 1. The van der Waals surface area contributed by atoms with Gasteiger partial charge in [-0.3, -0.25) is 5.32 Å². The van der Waals surface area contributed by atoms with Crippen molar-refractivity contribution in [3.63, 3.8) is 0 Å². The molecule has 8 heteroatoms. The summed E-state index contributed by atoms with van der Waals surface area (Å²) in [6, 6.07) is 6.93. The van der Waals surface area contributed by atoms with Crippen molar-refractivity contribution in [1.82, 2.24) is 14.1 Å². The van der Waals surface area contributed by atoms with Gasteiger partial charge in [0.1, 0.15) is 6.04 Å². The number of nitrogens with two attached hydrogens (primary N) is 1. The second-order valence-corrected chi connectivity index (χ2v) is 8.46. The first-order valence-electron chi connectivity index (χ1n) is 10.6. The fraction of sp³-hybridized carbons (Fsp3) is 0.375. The normalized spacial score (nSPS) is 13.9. The number of hydrogen-bond acceptors (Lipinski definition) is 3. The van der Waals surface area contributed by atoms with E-state index in [9.17, 15) is 14.0 Å². The largest absolute Gasteiger partial charge is 0.358 e. The van der Waals surface area contributed by atoms with Gasteiger partial charge in [-0.25, -0.2) is 23.1 Å². The summed E-state index contributed by atoms with van der Waals surface area (Å²) in [5.74, 6) is 0.285. The maximum atomic E-state index is 13.3. The van der Waals surface area contributed by atoms with Crippen LogP contribution in [0, 0.1) is 0 Å². The number of rotatable bonds is 9. The molecule has 1 heterocycles. The van der Waals surface area contributed by atoms with Gasteiger partial charge in [0.05, 0.1) is 12.9 Å². The van der Waals surface area contributed by atoms with Crippen LogP contribution in [0.4, 0.5) is 10.3 Å². The van der Waals surface area contributed by atoms with Crippen molar-refractivity contribution >= 4 is 17.5 Å². The van der Waals surface area contributed by atoms with Gasteiger partial charge in [0, 0.05) is 16.6 Å². The van der Waals surface area contributed by atoms with Crippen molar-refractivity contribution in [2.24, 2.45) is 0 Å². The van der Waals surface area contributed by atoms with Crippen LogP contribution < -0.4 is 16.7 Å². The van der Waals surface area contributed by atoms with Crippen LogP contribution in [0.2, 0.25) is 5.02 Å². The molecule has 6 nitrogen and oxygen atoms in total. The zero-order valence-electron chi connectivity index (χ0n) is 19.2. The van der Waals surface area contributed by atoms with Gasteiger partial charge in [-0.15, -0.1) is 4.98 Å². The van der Waals surface area contributed by atoms with Crippen molar-refractivity contribution in [2.45, 2.75) is 59.7 Å². The fourth-order valence-corrected chi connectivity index (χ4v) is 3.45. The lowest BCUT2D eigenvalue weighted by atomic mass is 10.1. The highest BCUT2D eigenvalue weighted by molar-refractivity contribution is 6.30. The Morgan fingerprint density at radius 2 is 1.88 bits per heavy atom. The lowest BCUT2D eigenvalue weighted by Gasteiger charge is -2.17.